The minimum absolute atomic E-state index is 0. The quantitative estimate of drug-likeness (QED) is 0.762. The van der Waals surface area contributed by atoms with Crippen LogP contribution >= 0.6 is 24.8 Å². The van der Waals surface area contributed by atoms with Gasteiger partial charge < -0.3 is 10.6 Å². The van der Waals surface area contributed by atoms with E-state index in [1.54, 1.807) is 6.07 Å². The first-order valence-electron chi connectivity index (χ1n) is 7.91. The number of benzene rings is 2. The first kappa shape index (κ1) is 22.4. The van der Waals surface area contributed by atoms with Gasteiger partial charge in [-0.15, -0.1) is 24.8 Å². The smallest absolute Gasteiger partial charge is 0.399 e. The molecule has 2 N–H and O–H groups in total. The summed E-state index contributed by atoms with van der Waals surface area (Å²) in [7, 11) is 0. The summed E-state index contributed by atoms with van der Waals surface area (Å²) in [5.74, 6) is 0. The maximum Gasteiger partial charge on any atom is 0.416 e. The highest BCUT2D eigenvalue weighted by Gasteiger charge is 2.31. The fourth-order valence-electron chi connectivity index (χ4n) is 2.99. The SMILES string of the molecule is Cl.Cl.Nc1cccc(CN2CCN(c3cccc(C(F)(F)F)c3)CC2)c1. The number of halogens is 5. The van der Waals surface area contributed by atoms with Crippen LogP contribution in [-0.2, 0) is 12.7 Å². The van der Waals surface area contributed by atoms with Gasteiger partial charge in [0.25, 0.3) is 0 Å². The van der Waals surface area contributed by atoms with E-state index in [9.17, 15) is 13.2 Å². The second-order valence-corrected chi connectivity index (χ2v) is 6.06. The van der Waals surface area contributed by atoms with Crippen LogP contribution in [0, 0.1) is 0 Å². The third-order valence-corrected chi connectivity index (χ3v) is 4.27. The standard InChI is InChI=1S/C18H20F3N3.2ClH/c19-18(20,21)15-4-2-6-17(12-15)24-9-7-23(8-10-24)13-14-3-1-5-16(22)11-14;;/h1-6,11-12H,7-10,13,22H2;2*1H. The maximum atomic E-state index is 12.8. The molecule has 0 spiro atoms. The summed E-state index contributed by atoms with van der Waals surface area (Å²) in [4.78, 5) is 4.30. The maximum absolute atomic E-state index is 12.8. The van der Waals surface area contributed by atoms with Crippen LogP contribution < -0.4 is 10.6 Å². The van der Waals surface area contributed by atoms with Crippen LogP contribution in [0.4, 0.5) is 24.5 Å². The van der Waals surface area contributed by atoms with Crippen LogP contribution in [0.5, 0.6) is 0 Å². The number of anilines is 2. The molecule has 0 aliphatic carbocycles. The molecule has 1 heterocycles. The van der Waals surface area contributed by atoms with Gasteiger partial charge in [0, 0.05) is 44.1 Å². The van der Waals surface area contributed by atoms with Crippen LogP contribution in [0.3, 0.4) is 0 Å². The predicted octanol–water partition coefficient (Wildman–Crippen LogP) is 4.45. The fourth-order valence-corrected chi connectivity index (χ4v) is 2.99. The molecule has 1 aliphatic heterocycles. The fraction of sp³-hybridized carbons (Fsp3) is 0.333. The van der Waals surface area contributed by atoms with Crippen molar-refractivity contribution in [2.24, 2.45) is 0 Å². The monoisotopic (exact) mass is 407 g/mol. The average molecular weight is 408 g/mol. The molecule has 144 valence electrons. The van der Waals surface area contributed by atoms with Crippen LogP contribution in [0.1, 0.15) is 11.1 Å². The zero-order valence-corrected chi connectivity index (χ0v) is 15.7. The van der Waals surface area contributed by atoms with Gasteiger partial charge in [-0.3, -0.25) is 4.90 Å². The lowest BCUT2D eigenvalue weighted by Crippen LogP contribution is -2.46. The van der Waals surface area contributed by atoms with E-state index in [2.05, 4.69) is 4.90 Å². The van der Waals surface area contributed by atoms with Gasteiger partial charge in [-0.2, -0.15) is 13.2 Å². The third kappa shape index (κ3) is 5.69. The summed E-state index contributed by atoms with van der Waals surface area (Å²) in [5.41, 5.74) is 7.73. The number of piperazine rings is 1. The van der Waals surface area contributed by atoms with Crippen molar-refractivity contribution in [3.8, 4) is 0 Å². The molecule has 0 unspecified atom stereocenters. The molecule has 0 saturated carbocycles. The Morgan fingerprint density at radius 3 is 2.15 bits per heavy atom. The van der Waals surface area contributed by atoms with Crippen LogP contribution in [0.25, 0.3) is 0 Å². The molecule has 1 fully saturated rings. The topological polar surface area (TPSA) is 32.5 Å². The molecular weight excluding hydrogens is 386 g/mol. The summed E-state index contributed by atoms with van der Waals surface area (Å²) >= 11 is 0. The number of rotatable bonds is 3. The van der Waals surface area contributed by atoms with Crippen LogP contribution in [0.15, 0.2) is 48.5 Å². The highest BCUT2D eigenvalue weighted by atomic mass is 35.5. The second kappa shape index (κ2) is 9.35. The van der Waals surface area contributed by atoms with Crippen molar-refractivity contribution in [1.82, 2.24) is 4.90 Å². The first-order chi connectivity index (χ1) is 11.4. The minimum Gasteiger partial charge on any atom is -0.399 e. The highest BCUT2D eigenvalue weighted by Crippen LogP contribution is 2.31. The van der Waals surface area contributed by atoms with Gasteiger partial charge in [-0.25, -0.2) is 0 Å². The zero-order valence-electron chi connectivity index (χ0n) is 14.1. The van der Waals surface area contributed by atoms with Crippen LogP contribution in [-0.4, -0.2) is 31.1 Å². The van der Waals surface area contributed by atoms with Crippen molar-refractivity contribution >= 4 is 36.2 Å². The van der Waals surface area contributed by atoms with Crippen molar-refractivity contribution in [3.05, 3.63) is 59.7 Å². The van der Waals surface area contributed by atoms with Gasteiger partial charge in [0.05, 0.1) is 5.56 Å². The van der Waals surface area contributed by atoms with E-state index in [-0.39, 0.29) is 24.8 Å². The van der Waals surface area contributed by atoms with E-state index in [1.165, 1.54) is 12.1 Å². The molecule has 1 saturated heterocycles. The van der Waals surface area contributed by atoms with E-state index < -0.39 is 11.7 Å². The molecule has 1 aliphatic rings. The molecule has 3 rings (SSSR count). The normalized spacial score (nSPS) is 15.1. The summed E-state index contributed by atoms with van der Waals surface area (Å²) in [6.45, 7) is 3.85. The molecule has 0 aromatic heterocycles. The lowest BCUT2D eigenvalue weighted by Gasteiger charge is -2.36. The number of hydrogen-bond acceptors (Lipinski definition) is 3. The Morgan fingerprint density at radius 1 is 0.885 bits per heavy atom. The molecule has 0 atom stereocenters. The second-order valence-electron chi connectivity index (χ2n) is 6.06. The summed E-state index contributed by atoms with van der Waals surface area (Å²) in [5, 5.41) is 0. The highest BCUT2D eigenvalue weighted by molar-refractivity contribution is 5.85. The minimum atomic E-state index is -4.30. The predicted molar refractivity (Wildman–Crippen MR) is 104 cm³/mol. The molecule has 26 heavy (non-hydrogen) atoms. The largest absolute Gasteiger partial charge is 0.416 e. The van der Waals surface area contributed by atoms with E-state index in [1.807, 2.05) is 29.2 Å². The molecule has 0 radical (unpaired) electrons. The Morgan fingerprint density at radius 2 is 1.54 bits per heavy atom. The first-order valence-corrected chi connectivity index (χ1v) is 7.91. The van der Waals surface area contributed by atoms with Gasteiger partial charge in [-0.1, -0.05) is 18.2 Å². The summed E-state index contributed by atoms with van der Waals surface area (Å²) < 4.78 is 38.5. The average Bonchev–Trinajstić information content (AvgIpc) is 2.55. The van der Waals surface area contributed by atoms with Gasteiger partial charge in [0.1, 0.15) is 0 Å². The van der Waals surface area contributed by atoms with Crippen molar-refractivity contribution in [2.75, 3.05) is 36.8 Å². The van der Waals surface area contributed by atoms with E-state index in [4.69, 9.17) is 5.73 Å². The molecule has 2 aromatic rings. The lowest BCUT2D eigenvalue weighted by atomic mass is 10.1. The lowest BCUT2D eigenvalue weighted by molar-refractivity contribution is -0.137. The molecule has 0 amide bonds. The Bertz CT molecular complexity index is 702. The van der Waals surface area contributed by atoms with E-state index >= 15 is 0 Å². The van der Waals surface area contributed by atoms with Crippen molar-refractivity contribution in [3.63, 3.8) is 0 Å². The Hall–Kier alpha value is -1.63. The molecule has 2 aromatic carbocycles. The van der Waals surface area contributed by atoms with E-state index in [0.717, 1.165) is 37.0 Å². The molecule has 0 bridgehead atoms. The number of nitrogens with zero attached hydrogens (tertiary/aromatic N) is 2. The zero-order chi connectivity index (χ0) is 17.2. The molecule has 8 heteroatoms. The Labute approximate surface area is 163 Å². The number of nitrogen functional groups attached to an aromatic ring is 1. The van der Waals surface area contributed by atoms with Crippen molar-refractivity contribution in [2.45, 2.75) is 12.7 Å². The number of alkyl halides is 3. The number of hydrogen-bond donors (Lipinski definition) is 1. The van der Waals surface area contributed by atoms with Gasteiger partial charge in [0.2, 0.25) is 0 Å². The van der Waals surface area contributed by atoms with E-state index in [0.29, 0.717) is 18.8 Å². The van der Waals surface area contributed by atoms with Gasteiger partial charge in [0.15, 0.2) is 0 Å². The van der Waals surface area contributed by atoms with Gasteiger partial charge in [-0.05, 0) is 35.9 Å². The van der Waals surface area contributed by atoms with Crippen molar-refractivity contribution in [1.29, 1.82) is 0 Å². The Kier molecular flexibility index (Phi) is 8.06. The Balaban J connectivity index is 0.00000169. The third-order valence-electron chi connectivity index (χ3n) is 4.27. The van der Waals surface area contributed by atoms with Crippen molar-refractivity contribution < 1.29 is 13.2 Å². The van der Waals surface area contributed by atoms with Crippen LogP contribution in [0.2, 0.25) is 0 Å². The summed E-state index contributed by atoms with van der Waals surface area (Å²) in [6.07, 6.45) is -4.30. The summed E-state index contributed by atoms with van der Waals surface area (Å²) in [6, 6.07) is 13.3. The van der Waals surface area contributed by atoms with Gasteiger partial charge >= 0.3 is 6.18 Å². The number of nitrogens with two attached hydrogens (primary N) is 1. The molecule has 3 nitrogen and oxygen atoms in total. The molecular formula is C18H22Cl2F3N3.